The zero-order valence-corrected chi connectivity index (χ0v) is 9.44. The monoisotopic (exact) mass is 292 g/mol. The van der Waals surface area contributed by atoms with Crippen LogP contribution < -0.4 is 0 Å². The highest BCUT2D eigenvalue weighted by atomic mass is 127. The summed E-state index contributed by atoms with van der Waals surface area (Å²) < 4.78 is 2.59. The third-order valence-electron chi connectivity index (χ3n) is 1.63. The van der Waals surface area contributed by atoms with E-state index in [1.807, 2.05) is 7.05 Å². The Morgan fingerprint density at radius 1 is 1.77 bits per heavy atom. The van der Waals surface area contributed by atoms with Crippen LogP contribution in [-0.4, -0.2) is 20.6 Å². The van der Waals surface area contributed by atoms with Crippen LogP contribution in [0.3, 0.4) is 0 Å². The van der Waals surface area contributed by atoms with Crippen LogP contribution in [0, 0.1) is 3.70 Å². The molecule has 0 aliphatic rings. The standard InChI is InChI=1S/C8H9IN2O2/c1-5(8(12)13)3-6-7(9)10-4-11(6)2/h3-4H,1-2H3,(H,12,13)/b5-3+. The Kier molecular flexibility index (Phi) is 3.07. The molecule has 0 amide bonds. The largest absolute Gasteiger partial charge is 0.478 e. The van der Waals surface area contributed by atoms with Gasteiger partial charge in [0, 0.05) is 12.6 Å². The smallest absolute Gasteiger partial charge is 0.331 e. The van der Waals surface area contributed by atoms with E-state index in [1.165, 1.54) is 0 Å². The molecule has 5 heteroatoms. The third kappa shape index (κ3) is 2.30. The van der Waals surface area contributed by atoms with Gasteiger partial charge in [0.2, 0.25) is 0 Å². The zero-order valence-electron chi connectivity index (χ0n) is 7.28. The molecule has 0 saturated heterocycles. The lowest BCUT2D eigenvalue weighted by atomic mass is 10.2. The number of carboxylic acid groups (broad SMARTS) is 1. The van der Waals surface area contributed by atoms with Gasteiger partial charge < -0.3 is 9.67 Å². The van der Waals surface area contributed by atoms with Crippen LogP contribution in [0.15, 0.2) is 11.9 Å². The molecule has 1 heterocycles. The first-order valence-electron chi connectivity index (χ1n) is 3.60. The van der Waals surface area contributed by atoms with Crippen LogP contribution in [-0.2, 0) is 11.8 Å². The molecule has 0 saturated carbocycles. The molecule has 1 rings (SSSR count). The maximum Gasteiger partial charge on any atom is 0.331 e. The van der Waals surface area contributed by atoms with Crippen molar-refractivity contribution in [3.63, 3.8) is 0 Å². The predicted molar refractivity (Wildman–Crippen MR) is 57.2 cm³/mol. The molecule has 1 aromatic heterocycles. The third-order valence-corrected chi connectivity index (χ3v) is 2.46. The number of aromatic nitrogens is 2. The lowest BCUT2D eigenvalue weighted by Gasteiger charge is -1.97. The number of hydrogen-bond donors (Lipinski definition) is 1. The maximum atomic E-state index is 10.5. The number of halogens is 1. The van der Waals surface area contributed by atoms with Crippen molar-refractivity contribution in [1.82, 2.24) is 9.55 Å². The van der Waals surface area contributed by atoms with Gasteiger partial charge in [0.05, 0.1) is 12.0 Å². The molecular formula is C8H9IN2O2. The molecule has 0 aliphatic heterocycles. The Morgan fingerprint density at radius 3 is 2.77 bits per heavy atom. The van der Waals surface area contributed by atoms with Gasteiger partial charge in [-0.15, -0.1) is 0 Å². The first-order chi connectivity index (χ1) is 6.02. The van der Waals surface area contributed by atoms with Gasteiger partial charge >= 0.3 is 5.97 Å². The highest BCUT2D eigenvalue weighted by Gasteiger charge is 2.06. The number of carboxylic acids is 1. The summed E-state index contributed by atoms with van der Waals surface area (Å²) in [4.78, 5) is 14.6. The molecular weight excluding hydrogens is 283 g/mol. The molecule has 0 unspecified atom stereocenters. The fraction of sp³-hybridized carbons (Fsp3) is 0.250. The van der Waals surface area contributed by atoms with E-state index < -0.39 is 5.97 Å². The Balaban J connectivity index is 3.10. The van der Waals surface area contributed by atoms with Crippen molar-refractivity contribution in [3.8, 4) is 0 Å². The summed E-state index contributed by atoms with van der Waals surface area (Å²) in [5.41, 5.74) is 1.13. The number of nitrogens with zero attached hydrogens (tertiary/aromatic N) is 2. The van der Waals surface area contributed by atoms with Gasteiger partial charge in [-0.3, -0.25) is 0 Å². The van der Waals surface area contributed by atoms with Crippen LogP contribution >= 0.6 is 22.6 Å². The first kappa shape index (κ1) is 10.2. The van der Waals surface area contributed by atoms with Gasteiger partial charge in [-0.25, -0.2) is 9.78 Å². The Bertz CT molecular complexity index is 349. The van der Waals surface area contributed by atoms with Gasteiger partial charge in [0.25, 0.3) is 0 Å². The van der Waals surface area contributed by atoms with E-state index in [1.54, 1.807) is 23.9 Å². The van der Waals surface area contributed by atoms with E-state index in [0.717, 1.165) is 9.39 Å². The fourth-order valence-corrected chi connectivity index (χ4v) is 1.50. The number of rotatable bonds is 2. The van der Waals surface area contributed by atoms with Crippen LogP contribution in [0.25, 0.3) is 6.08 Å². The summed E-state index contributed by atoms with van der Waals surface area (Å²) in [6, 6.07) is 0. The van der Waals surface area contributed by atoms with E-state index in [2.05, 4.69) is 27.6 Å². The zero-order chi connectivity index (χ0) is 10.0. The van der Waals surface area contributed by atoms with Crippen molar-refractivity contribution in [2.75, 3.05) is 0 Å². The van der Waals surface area contributed by atoms with Crippen LogP contribution in [0.1, 0.15) is 12.6 Å². The van der Waals surface area contributed by atoms with Crippen LogP contribution in [0.4, 0.5) is 0 Å². The Hall–Kier alpha value is -0.850. The summed E-state index contributed by atoms with van der Waals surface area (Å²) in [5, 5.41) is 8.66. The van der Waals surface area contributed by atoms with Crippen molar-refractivity contribution in [2.45, 2.75) is 6.92 Å². The van der Waals surface area contributed by atoms with E-state index in [4.69, 9.17) is 5.11 Å². The van der Waals surface area contributed by atoms with Gasteiger partial charge in [-0.05, 0) is 35.6 Å². The summed E-state index contributed by atoms with van der Waals surface area (Å²) in [6.07, 6.45) is 3.26. The molecule has 0 radical (unpaired) electrons. The second-order valence-corrected chi connectivity index (χ2v) is 3.69. The number of imidazole rings is 1. The van der Waals surface area contributed by atoms with Gasteiger partial charge in [0.15, 0.2) is 0 Å². The van der Waals surface area contributed by atoms with E-state index in [0.29, 0.717) is 5.57 Å². The van der Waals surface area contributed by atoms with Crippen LogP contribution in [0.2, 0.25) is 0 Å². The molecule has 0 aliphatic carbocycles. The molecule has 0 aromatic carbocycles. The normalized spacial score (nSPS) is 11.8. The molecule has 0 fully saturated rings. The molecule has 1 aromatic rings. The minimum absolute atomic E-state index is 0.307. The van der Waals surface area contributed by atoms with Gasteiger partial charge in [-0.1, -0.05) is 0 Å². The summed E-state index contributed by atoms with van der Waals surface area (Å²) in [5.74, 6) is -0.906. The van der Waals surface area contributed by atoms with E-state index in [-0.39, 0.29) is 0 Å². The minimum atomic E-state index is -0.906. The summed E-state index contributed by atoms with van der Waals surface area (Å²) in [6.45, 7) is 1.56. The molecule has 70 valence electrons. The summed E-state index contributed by atoms with van der Waals surface area (Å²) >= 11 is 2.07. The molecule has 13 heavy (non-hydrogen) atoms. The van der Waals surface area contributed by atoms with Gasteiger partial charge in [-0.2, -0.15) is 0 Å². The Morgan fingerprint density at radius 2 is 2.38 bits per heavy atom. The topological polar surface area (TPSA) is 55.1 Å². The lowest BCUT2D eigenvalue weighted by molar-refractivity contribution is -0.132. The summed E-state index contributed by atoms with van der Waals surface area (Å²) in [7, 11) is 1.83. The number of aryl methyl sites for hydroxylation is 1. The minimum Gasteiger partial charge on any atom is -0.478 e. The van der Waals surface area contributed by atoms with E-state index in [9.17, 15) is 4.79 Å². The van der Waals surface area contributed by atoms with Crippen molar-refractivity contribution in [3.05, 3.63) is 21.3 Å². The average molecular weight is 292 g/mol. The molecule has 0 bridgehead atoms. The number of carbonyl (C=O) groups is 1. The first-order valence-corrected chi connectivity index (χ1v) is 4.68. The molecule has 0 spiro atoms. The van der Waals surface area contributed by atoms with E-state index >= 15 is 0 Å². The van der Waals surface area contributed by atoms with Crippen molar-refractivity contribution in [2.24, 2.45) is 7.05 Å². The van der Waals surface area contributed by atoms with Crippen molar-refractivity contribution >= 4 is 34.6 Å². The van der Waals surface area contributed by atoms with Crippen molar-refractivity contribution in [1.29, 1.82) is 0 Å². The fourth-order valence-electron chi connectivity index (χ4n) is 0.839. The second-order valence-electron chi connectivity index (χ2n) is 2.66. The molecule has 1 N–H and O–H groups in total. The average Bonchev–Trinajstić information content (AvgIpc) is 2.35. The Labute approximate surface area is 89.4 Å². The van der Waals surface area contributed by atoms with Crippen molar-refractivity contribution < 1.29 is 9.90 Å². The SMILES string of the molecule is C/C(=C\c1c(I)ncn1C)C(=O)O. The molecule has 4 nitrogen and oxygen atoms in total. The predicted octanol–water partition coefficient (Wildman–Crippen LogP) is 1.51. The number of aliphatic carboxylic acids is 1. The highest BCUT2D eigenvalue weighted by molar-refractivity contribution is 14.1. The second kappa shape index (κ2) is 3.91. The number of hydrogen-bond acceptors (Lipinski definition) is 2. The molecule has 0 atom stereocenters. The lowest BCUT2D eigenvalue weighted by Crippen LogP contribution is -1.98. The van der Waals surface area contributed by atoms with Crippen LogP contribution in [0.5, 0.6) is 0 Å². The van der Waals surface area contributed by atoms with Gasteiger partial charge in [0.1, 0.15) is 3.70 Å². The maximum absolute atomic E-state index is 10.5. The highest BCUT2D eigenvalue weighted by Crippen LogP contribution is 2.13. The quantitative estimate of drug-likeness (QED) is 0.664.